The number of anilines is 1. The van der Waals surface area contributed by atoms with Crippen molar-refractivity contribution < 1.29 is 9.53 Å². The Balaban J connectivity index is 1.46. The van der Waals surface area contributed by atoms with Gasteiger partial charge in [-0.3, -0.25) is 4.79 Å². The second kappa shape index (κ2) is 9.95. The number of hydrogen-bond acceptors (Lipinski definition) is 5. The van der Waals surface area contributed by atoms with Crippen molar-refractivity contribution in [3.63, 3.8) is 0 Å². The van der Waals surface area contributed by atoms with Gasteiger partial charge >= 0.3 is 0 Å². The highest BCUT2D eigenvalue weighted by atomic mass is 32.1. The average Bonchev–Trinajstić information content (AvgIpc) is 3.52. The lowest BCUT2D eigenvalue weighted by atomic mass is 9.90. The largest absolute Gasteiger partial charge is 0.497 e. The Morgan fingerprint density at radius 3 is 2.29 bits per heavy atom. The maximum absolute atomic E-state index is 13.6. The Labute approximate surface area is 207 Å². The summed E-state index contributed by atoms with van der Waals surface area (Å²) in [5.41, 5.74) is 4.41. The van der Waals surface area contributed by atoms with E-state index in [2.05, 4.69) is 10.4 Å². The van der Waals surface area contributed by atoms with E-state index >= 15 is 0 Å². The van der Waals surface area contributed by atoms with Crippen LogP contribution in [0, 0.1) is 6.92 Å². The lowest BCUT2D eigenvalue weighted by Crippen LogP contribution is -2.23. The summed E-state index contributed by atoms with van der Waals surface area (Å²) in [6.07, 6.45) is 0. The molecule has 3 aromatic carbocycles. The van der Waals surface area contributed by atoms with Crippen LogP contribution in [0.25, 0.3) is 16.4 Å². The van der Waals surface area contributed by atoms with Gasteiger partial charge in [0, 0.05) is 17.0 Å². The molecule has 0 atom stereocenters. The molecule has 2 heterocycles. The summed E-state index contributed by atoms with van der Waals surface area (Å²) < 4.78 is 7.03. The second-order valence-corrected chi connectivity index (χ2v) is 8.91. The first-order valence-corrected chi connectivity index (χ1v) is 12.1. The number of carbonyl (C=O) groups excluding carboxylic acids is 1. The van der Waals surface area contributed by atoms with E-state index in [-0.39, 0.29) is 5.91 Å². The van der Waals surface area contributed by atoms with Crippen molar-refractivity contribution in [2.45, 2.75) is 12.8 Å². The van der Waals surface area contributed by atoms with E-state index in [4.69, 9.17) is 9.72 Å². The van der Waals surface area contributed by atoms with Crippen LogP contribution in [0.5, 0.6) is 5.75 Å². The fraction of sp³-hybridized carbons (Fsp3) is 0.107. The maximum atomic E-state index is 13.6. The zero-order valence-corrected chi connectivity index (χ0v) is 20.2. The van der Waals surface area contributed by atoms with E-state index in [9.17, 15) is 4.79 Å². The highest BCUT2D eigenvalue weighted by Crippen LogP contribution is 2.30. The SMILES string of the molecule is COc1cccc(-c2csc(-n3nc(C)cc3NC(=O)C(c3ccccc3)c3ccccc3)n2)c1. The third-order valence-electron chi connectivity index (χ3n) is 5.65. The van der Waals surface area contributed by atoms with E-state index in [1.54, 1.807) is 11.8 Å². The molecule has 7 heteroatoms. The molecule has 0 spiro atoms. The van der Waals surface area contributed by atoms with Crippen LogP contribution in [-0.2, 0) is 4.79 Å². The molecule has 0 saturated heterocycles. The van der Waals surface area contributed by atoms with Crippen LogP contribution in [0.1, 0.15) is 22.7 Å². The third-order valence-corrected chi connectivity index (χ3v) is 6.47. The minimum absolute atomic E-state index is 0.131. The van der Waals surface area contributed by atoms with Crippen molar-refractivity contribution in [3.05, 3.63) is 113 Å². The van der Waals surface area contributed by atoms with E-state index < -0.39 is 5.92 Å². The Morgan fingerprint density at radius 1 is 0.943 bits per heavy atom. The van der Waals surface area contributed by atoms with Gasteiger partial charge in [-0.1, -0.05) is 72.8 Å². The van der Waals surface area contributed by atoms with Gasteiger partial charge in [-0.2, -0.15) is 9.78 Å². The van der Waals surface area contributed by atoms with E-state index in [1.807, 2.05) is 103 Å². The van der Waals surface area contributed by atoms with Crippen LogP contribution in [0.15, 0.2) is 96.4 Å². The molecular formula is C28H24N4O2S. The minimum Gasteiger partial charge on any atom is -0.497 e. The van der Waals surface area contributed by atoms with Crippen molar-refractivity contribution in [2.24, 2.45) is 0 Å². The van der Waals surface area contributed by atoms with Crippen LogP contribution in [0.3, 0.4) is 0 Å². The van der Waals surface area contributed by atoms with E-state index in [0.29, 0.717) is 10.9 Å². The average molecular weight is 481 g/mol. The highest BCUT2D eigenvalue weighted by molar-refractivity contribution is 7.12. The summed E-state index contributed by atoms with van der Waals surface area (Å²) >= 11 is 1.46. The first kappa shape index (κ1) is 22.6. The summed E-state index contributed by atoms with van der Waals surface area (Å²) in [5, 5.41) is 10.4. The van der Waals surface area contributed by atoms with Gasteiger partial charge in [0.05, 0.1) is 24.4 Å². The van der Waals surface area contributed by atoms with Gasteiger partial charge in [-0.25, -0.2) is 4.98 Å². The molecule has 6 nitrogen and oxygen atoms in total. The van der Waals surface area contributed by atoms with Gasteiger partial charge in [-0.15, -0.1) is 11.3 Å². The molecule has 0 aliphatic rings. The third kappa shape index (κ3) is 4.85. The fourth-order valence-electron chi connectivity index (χ4n) is 4.00. The van der Waals surface area contributed by atoms with Crippen LogP contribution < -0.4 is 10.1 Å². The number of nitrogens with zero attached hydrogens (tertiary/aromatic N) is 3. The first-order chi connectivity index (χ1) is 17.1. The predicted molar refractivity (Wildman–Crippen MR) is 139 cm³/mol. The lowest BCUT2D eigenvalue weighted by molar-refractivity contribution is -0.116. The molecular weight excluding hydrogens is 456 g/mol. The topological polar surface area (TPSA) is 69.0 Å². The van der Waals surface area contributed by atoms with Crippen LogP contribution in [-0.4, -0.2) is 27.8 Å². The standard InChI is InChI=1S/C28H24N4O2S/c1-19-16-25(30-27(33)26(20-10-5-3-6-11-20)21-12-7-4-8-13-21)32(31-19)28-29-24(18-35-28)22-14-9-15-23(17-22)34-2/h3-18,26H,1-2H3,(H,30,33). The molecule has 0 fully saturated rings. The number of rotatable bonds is 7. The molecule has 1 amide bonds. The summed E-state index contributed by atoms with van der Waals surface area (Å²) in [6.45, 7) is 1.90. The Hall–Kier alpha value is -4.23. The molecule has 0 aliphatic carbocycles. The van der Waals surface area contributed by atoms with Gasteiger partial charge in [-0.05, 0) is 30.2 Å². The Bertz CT molecular complexity index is 1400. The summed E-state index contributed by atoms with van der Waals surface area (Å²) in [5.74, 6) is 0.765. The second-order valence-electron chi connectivity index (χ2n) is 8.07. The number of nitrogens with one attached hydrogen (secondary N) is 1. The zero-order chi connectivity index (χ0) is 24.2. The first-order valence-electron chi connectivity index (χ1n) is 11.2. The fourth-order valence-corrected chi connectivity index (χ4v) is 4.79. The summed E-state index contributed by atoms with van der Waals surface area (Å²) in [6, 6.07) is 29.2. The number of amides is 1. The minimum atomic E-state index is -0.454. The molecule has 5 aromatic rings. The van der Waals surface area contributed by atoms with E-state index in [0.717, 1.165) is 33.8 Å². The Morgan fingerprint density at radius 2 is 1.63 bits per heavy atom. The number of aromatic nitrogens is 3. The number of ether oxygens (including phenoxy) is 1. The van der Waals surface area contributed by atoms with Crippen LogP contribution >= 0.6 is 11.3 Å². The normalized spacial score (nSPS) is 10.9. The summed E-state index contributed by atoms with van der Waals surface area (Å²) in [7, 11) is 1.64. The van der Waals surface area contributed by atoms with Crippen molar-refractivity contribution in [3.8, 4) is 22.1 Å². The van der Waals surface area contributed by atoms with Gasteiger partial charge in [0.25, 0.3) is 0 Å². The molecule has 1 N–H and O–H groups in total. The number of methoxy groups -OCH3 is 1. The monoisotopic (exact) mass is 480 g/mol. The molecule has 0 aliphatic heterocycles. The highest BCUT2D eigenvalue weighted by Gasteiger charge is 2.24. The molecule has 0 radical (unpaired) electrons. The molecule has 174 valence electrons. The zero-order valence-electron chi connectivity index (χ0n) is 19.4. The number of thiazole rings is 1. The molecule has 0 saturated carbocycles. The molecule has 0 unspecified atom stereocenters. The van der Waals surface area contributed by atoms with Crippen LogP contribution in [0.4, 0.5) is 5.82 Å². The van der Waals surface area contributed by atoms with Gasteiger partial charge in [0.15, 0.2) is 0 Å². The van der Waals surface area contributed by atoms with Gasteiger partial charge < -0.3 is 10.1 Å². The molecule has 5 rings (SSSR count). The number of aryl methyl sites for hydroxylation is 1. The number of carbonyl (C=O) groups is 1. The lowest BCUT2D eigenvalue weighted by Gasteiger charge is -2.18. The molecule has 35 heavy (non-hydrogen) atoms. The van der Waals surface area contributed by atoms with Crippen molar-refractivity contribution in [1.29, 1.82) is 0 Å². The van der Waals surface area contributed by atoms with Gasteiger partial charge in [0.1, 0.15) is 11.6 Å². The van der Waals surface area contributed by atoms with E-state index in [1.165, 1.54) is 11.3 Å². The van der Waals surface area contributed by atoms with Crippen molar-refractivity contribution in [2.75, 3.05) is 12.4 Å². The number of benzene rings is 3. The van der Waals surface area contributed by atoms with Crippen LogP contribution in [0.2, 0.25) is 0 Å². The van der Waals surface area contributed by atoms with Gasteiger partial charge in [0.2, 0.25) is 11.0 Å². The quantitative estimate of drug-likeness (QED) is 0.306. The van der Waals surface area contributed by atoms with Crippen molar-refractivity contribution in [1.82, 2.24) is 14.8 Å². The van der Waals surface area contributed by atoms with Crippen molar-refractivity contribution >= 4 is 23.1 Å². The predicted octanol–water partition coefficient (Wildman–Crippen LogP) is 6.08. The maximum Gasteiger partial charge on any atom is 0.237 e. The molecule has 2 aromatic heterocycles. The Kier molecular flexibility index (Phi) is 6.41. The number of hydrogen-bond donors (Lipinski definition) is 1. The summed E-state index contributed by atoms with van der Waals surface area (Å²) in [4.78, 5) is 18.4. The molecule has 0 bridgehead atoms. The smallest absolute Gasteiger partial charge is 0.237 e.